The number of piperidine rings is 1. The Balaban J connectivity index is 0.000000534. The number of carbonyl (C=O) groups excluding carboxylic acids is 2. The van der Waals surface area contributed by atoms with Gasteiger partial charge in [0.2, 0.25) is 5.91 Å². The highest BCUT2D eigenvalue weighted by Gasteiger charge is 2.21. The van der Waals surface area contributed by atoms with Crippen molar-refractivity contribution in [2.75, 3.05) is 58.2 Å². The molecule has 3 N–H and O–H groups in total. The number of nitrogens with one attached hydrogen (secondary N) is 1. The van der Waals surface area contributed by atoms with Crippen LogP contribution in [-0.4, -0.2) is 102 Å². The minimum Gasteiger partial charge on any atom is -0.473 e. The number of aliphatic carboxylic acids is 2. The van der Waals surface area contributed by atoms with Gasteiger partial charge in [0, 0.05) is 50.5 Å². The summed E-state index contributed by atoms with van der Waals surface area (Å²) >= 11 is 0. The SMILES string of the molecule is CC1CCN(C(=O)c2ccc(NC(=O)CN3CCN(C)CC3)cc2)CC1.O=C(O)C(=O)O. The normalized spacial score (nSPS) is 17.8. The standard InChI is InChI=1S/C20H30N4O2.C2H2O4/c1-16-7-9-24(10-8-16)20(26)17-3-5-18(6-4-17)21-19(25)15-23-13-11-22(2)12-14-23;3-1(4)2(5)6/h3-6,16H,7-15H2,1-2H3,(H,21,25);(H,3,4)(H,5,6). The maximum Gasteiger partial charge on any atom is 0.414 e. The molecule has 0 bridgehead atoms. The number of piperazine rings is 1. The van der Waals surface area contributed by atoms with E-state index in [0.29, 0.717) is 18.0 Å². The van der Waals surface area contributed by atoms with E-state index in [2.05, 4.69) is 29.1 Å². The predicted molar refractivity (Wildman–Crippen MR) is 119 cm³/mol. The lowest BCUT2D eigenvalue weighted by molar-refractivity contribution is -0.159. The number of carbonyl (C=O) groups is 4. The third kappa shape index (κ3) is 8.27. The van der Waals surface area contributed by atoms with Gasteiger partial charge in [-0.2, -0.15) is 0 Å². The summed E-state index contributed by atoms with van der Waals surface area (Å²) in [4.78, 5) is 49.3. The van der Waals surface area contributed by atoms with Gasteiger partial charge in [-0.1, -0.05) is 6.92 Å². The first kappa shape index (κ1) is 25.3. The maximum atomic E-state index is 12.6. The van der Waals surface area contributed by atoms with Gasteiger partial charge < -0.3 is 25.3 Å². The van der Waals surface area contributed by atoms with Crippen molar-refractivity contribution in [3.05, 3.63) is 29.8 Å². The van der Waals surface area contributed by atoms with Crippen molar-refractivity contribution in [2.45, 2.75) is 19.8 Å². The summed E-state index contributed by atoms with van der Waals surface area (Å²) in [6.45, 7) is 8.17. The molecule has 32 heavy (non-hydrogen) atoms. The molecule has 0 radical (unpaired) electrons. The van der Waals surface area contributed by atoms with Crippen molar-refractivity contribution in [3.8, 4) is 0 Å². The fourth-order valence-electron chi connectivity index (χ4n) is 3.50. The van der Waals surface area contributed by atoms with E-state index in [9.17, 15) is 9.59 Å². The Morgan fingerprint density at radius 2 is 1.44 bits per heavy atom. The Morgan fingerprint density at radius 3 is 1.94 bits per heavy atom. The van der Waals surface area contributed by atoms with Crippen LogP contribution in [0.15, 0.2) is 24.3 Å². The molecule has 0 spiro atoms. The van der Waals surface area contributed by atoms with Gasteiger partial charge in [-0.15, -0.1) is 0 Å². The van der Waals surface area contributed by atoms with Crippen molar-refractivity contribution in [3.63, 3.8) is 0 Å². The zero-order chi connectivity index (χ0) is 23.7. The van der Waals surface area contributed by atoms with Gasteiger partial charge in [-0.25, -0.2) is 9.59 Å². The molecule has 1 aromatic rings. The molecule has 2 saturated heterocycles. The highest BCUT2D eigenvalue weighted by molar-refractivity contribution is 6.27. The first-order valence-corrected chi connectivity index (χ1v) is 10.7. The van der Waals surface area contributed by atoms with Crippen LogP contribution in [0.5, 0.6) is 0 Å². The molecule has 0 aliphatic carbocycles. The van der Waals surface area contributed by atoms with Crippen molar-refractivity contribution >= 4 is 29.4 Å². The van der Waals surface area contributed by atoms with Crippen LogP contribution in [0, 0.1) is 5.92 Å². The van der Waals surface area contributed by atoms with Gasteiger partial charge in [-0.3, -0.25) is 14.5 Å². The number of hydrogen-bond acceptors (Lipinski definition) is 6. The van der Waals surface area contributed by atoms with Gasteiger partial charge >= 0.3 is 11.9 Å². The van der Waals surface area contributed by atoms with Gasteiger partial charge in [0.05, 0.1) is 6.54 Å². The molecule has 10 heteroatoms. The molecule has 2 heterocycles. The molecule has 0 unspecified atom stereocenters. The van der Waals surface area contributed by atoms with Crippen LogP contribution in [0.25, 0.3) is 0 Å². The Kier molecular flexibility index (Phi) is 9.61. The van der Waals surface area contributed by atoms with Crippen molar-refractivity contribution in [2.24, 2.45) is 5.92 Å². The first-order chi connectivity index (χ1) is 15.2. The molecular weight excluding hydrogens is 416 g/mol. The average molecular weight is 449 g/mol. The second-order valence-electron chi connectivity index (χ2n) is 8.29. The smallest absolute Gasteiger partial charge is 0.414 e. The number of carboxylic acid groups (broad SMARTS) is 2. The summed E-state index contributed by atoms with van der Waals surface area (Å²) < 4.78 is 0. The van der Waals surface area contributed by atoms with E-state index in [1.807, 2.05) is 29.2 Å². The third-order valence-electron chi connectivity index (χ3n) is 5.63. The van der Waals surface area contributed by atoms with E-state index >= 15 is 0 Å². The van der Waals surface area contributed by atoms with E-state index in [-0.39, 0.29) is 11.8 Å². The number of rotatable bonds is 4. The maximum absolute atomic E-state index is 12.6. The Morgan fingerprint density at radius 1 is 0.906 bits per heavy atom. The molecule has 2 aliphatic heterocycles. The van der Waals surface area contributed by atoms with Gasteiger partial charge in [-0.05, 0) is 50.1 Å². The van der Waals surface area contributed by atoms with Crippen molar-refractivity contribution in [1.82, 2.24) is 14.7 Å². The Bertz CT molecular complexity index is 785. The summed E-state index contributed by atoms with van der Waals surface area (Å²) in [5.41, 5.74) is 1.43. The van der Waals surface area contributed by atoms with E-state index in [1.165, 1.54) is 0 Å². The summed E-state index contributed by atoms with van der Waals surface area (Å²) in [6.07, 6.45) is 2.15. The number of amides is 2. The van der Waals surface area contributed by atoms with Crippen LogP contribution in [0.1, 0.15) is 30.1 Å². The molecule has 0 aromatic heterocycles. The second kappa shape index (κ2) is 12.2. The molecule has 1 aromatic carbocycles. The number of carboxylic acids is 2. The number of anilines is 1. The quantitative estimate of drug-likeness (QED) is 0.579. The molecule has 2 amide bonds. The van der Waals surface area contributed by atoms with E-state index in [0.717, 1.165) is 57.8 Å². The van der Waals surface area contributed by atoms with Crippen LogP contribution in [0.3, 0.4) is 0 Å². The zero-order valence-electron chi connectivity index (χ0n) is 18.6. The minimum absolute atomic E-state index is 0.00125. The number of likely N-dealkylation sites (N-methyl/N-ethyl adjacent to an activating group) is 1. The van der Waals surface area contributed by atoms with E-state index < -0.39 is 11.9 Å². The van der Waals surface area contributed by atoms with Crippen LogP contribution in [0.2, 0.25) is 0 Å². The molecule has 3 rings (SSSR count). The molecule has 0 atom stereocenters. The number of likely N-dealkylation sites (tertiary alicyclic amines) is 1. The summed E-state index contributed by atoms with van der Waals surface area (Å²) in [5, 5.41) is 17.7. The van der Waals surface area contributed by atoms with Crippen molar-refractivity contribution < 1.29 is 29.4 Å². The van der Waals surface area contributed by atoms with Gasteiger partial charge in [0.25, 0.3) is 5.91 Å². The van der Waals surface area contributed by atoms with Gasteiger partial charge in [0.1, 0.15) is 0 Å². The lowest BCUT2D eigenvalue weighted by Crippen LogP contribution is -2.47. The monoisotopic (exact) mass is 448 g/mol. The predicted octanol–water partition coefficient (Wildman–Crippen LogP) is 0.900. The van der Waals surface area contributed by atoms with Crippen LogP contribution < -0.4 is 5.32 Å². The fourth-order valence-corrected chi connectivity index (χ4v) is 3.50. The second-order valence-corrected chi connectivity index (χ2v) is 8.29. The third-order valence-corrected chi connectivity index (χ3v) is 5.63. The van der Waals surface area contributed by atoms with Crippen LogP contribution >= 0.6 is 0 Å². The fraction of sp³-hybridized carbons (Fsp3) is 0.545. The molecule has 2 fully saturated rings. The summed E-state index contributed by atoms with van der Waals surface area (Å²) in [5.74, 6) is -2.85. The summed E-state index contributed by atoms with van der Waals surface area (Å²) in [7, 11) is 2.10. The topological polar surface area (TPSA) is 130 Å². The van der Waals surface area contributed by atoms with E-state index in [1.54, 1.807) is 0 Å². The highest BCUT2D eigenvalue weighted by atomic mass is 16.4. The van der Waals surface area contributed by atoms with Crippen LogP contribution in [-0.2, 0) is 14.4 Å². The lowest BCUT2D eigenvalue weighted by Gasteiger charge is -2.31. The molecule has 10 nitrogen and oxygen atoms in total. The molecule has 2 aliphatic rings. The first-order valence-electron chi connectivity index (χ1n) is 10.7. The number of hydrogen-bond donors (Lipinski definition) is 3. The van der Waals surface area contributed by atoms with Crippen molar-refractivity contribution in [1.29, 1.82) is 0 Å². The highest BCUT2D eigenvalue weighted by Crippen LogP contribution is 2.19. The average Bonchev–Trinajstić information content (AvgIpc) is 2.76. The number of nitrogens with zero attached hydrogens (tertiary/aromatic N) is 3. The zero-order valence-corrected chi connectivity index (χ0v) is 18.6. The Labute approximate surface area is 187 Å². The number of benzene rings is 1. The Hall–Kier alpha value is -2.98. The van der Waals surface area contributed by atoms with Gasteiger partial charge in [0.15, 0.2) is 0 Å². The van der Waals surface area contributed by atoms with E-state index in [4.69, 9.17) is 19.8 Å². The summed E-state index contributed by atoms with van der Waals surface area (Å²) in [6, 6.07) is 7.26. The minimum atomic E-state index is -1.82. The molecular formula is C22H32N4O6. The largest absolute Gasteiger partial charge is 0.473 e. The lowest BCUT2D eigenvalue weighted by atomic mass is 9.98. The molecule has 176 valence electrons. The van der Waals surface area contributed by atoms with Crippen LogP contribution in [0.4, 0.5) is 5.69 Å². The molecule has 0 saturated carbocycles.